The molecule has 3 heterocycles. The molecule has 1 aliphatic carbocycles. The Kier molecular flexibility index (Phi) is 4.34. The maximum atomic E-state index is 12.7. The second-order valence-corrected chi connectivity index (χ2v) is 7.49. The summed E-state index contributed by atoms with van der Waals surface area (Å²) in [6.45, 7) is 2.86. The average Bonchev–Trinajstić information content (AvgIpc) is 3.15. The highest BCUT2D eigenvalue weighted by Gasteiger charge is 2.34. The van der Waals surface area contributed by atoms with E-state index >= 15 is 0 Å². The van der Waals surface area contributed by atoms with Gasteiger partial charge in [-0.1, -0.05) is 0 Å². The molecule has 1 unspecified atom stereocenters. The molecule has 2 saturated heterocycles. The third-order valence-corrected chi connectivity index (χ3v) is 5.81. The molecule has 1 atom stereocenters. The quantitative estimate of drug-likeness (QED) is 0.839. The molecule has 1 aromatic heterocycles. The van der Waals surface area contributed by atoms with Crippen LogP contribution in [0.4, 0.5) is 0 Å². The number of aromatic amines is 1. The lowest BCUT2D eigenvalue weighted by Crippen LogP contribution is -2.52. The first kappa shape index (κ1) is 16.1. The Bertz CT molecular complexity index is 644. The lowest BCUT2D eigenvalue weighted by atomic mass is 10.2. The first-order valence-electron chi connectivity index (χ1n) is 8.58. The van der Waals surface area contributed by atoms with Crippen molar-refractivity contribution < 1.29 is 14.3 Å². The molecule has 1 saturated carbocycles. The predicted octanol–water partition coefficient (Wildman–Crippen LogP) is 1.51. The Morgan fingerprint density at radius 2 is 1.83 bits per heavy atom. The second-order valence-electron chi connectivity index (χ2n) is 6.69. The third-order valence-electron chi connectivity index (χ3n) is 5.00. The first-order valence-corrected chi connectivity index (χ1v) is 9.38. The molecule has 0 radical (unpaired) electrons. The van der Waals surface area contributed by atoms with E-state index in [1.165, 1.54) is 0 Å². The minimum absolute atomic E-state index is 0.0663. The number of hydrogen-bond donors (Lipinski definition) is 1. The minimum atomic E-state index is -0.283. The zero-order valence-electron chi connectivity index (χ0n) is 13.5. The van der Waals surface area contributed by atoms with Gasteiger partial charge < -0.3 is 14.5 Å². The van der Waals surface area contributed by atoms with E-state index in [0.29, 0.717) is 44.4 Å². The summed E-state index contributed by atoms with van der Waals surface area (Å²) in [5.41, 5.74) is 1.49. The van der Waals surface area contributed by atoms with Gasteiger partial charge in [0.25, 0.3) is 11.8 Å². The topological polar surface area (TPSA) is 78.5 Å². The number of nitrogens with one attached hydrogen (secondary N) is 1. The summed E-state index contributed by atoms with van der Waals surface area (Å²) in [7, 11) is 0. The van der Waals surface area contributed by atoms with Gasteiger partial charge >= 0.3 is 0 Å². The molecule has 3 aliphatic rings. The van der Waals surface area contributed by atoms with Crippen molar-refractivity contribution in [2.24, 2.45) is 0 Å². The highest BCUT2D eigenvalue weighted by atomic mass is 79.9. The van der Waals surface area contributed by atoms with Gasteiger partial charge in [0.15, 0.2) is 5.69 Å². The number of rotatable bonds is 3. The molecule has 8 heteroatoms. The number of aromatic nitrogens is 2. The van der Waals surface area contributed by atoms with E-state index in [1.54, 1.807) is 4.90 Å². The van der Waals surface area contributed by atoms with Gasteiger partial charge in [-0.05, 0) is 41.6 Å². The predicted molar refractivity (Wildman–Crippen MR) is 89.7 cm³/mol. The van der Waals surface area contributed by atoms with E-state index < -0.39 is 0 Å². The van der Waals surface area contributed by atoms with E-state index in [1.807, 2.05) is 4.90 Å². The standard InChI is InChI=1S/C16H21BrN4O3/c17-12-13(10-3-4-10)18-19-14(12)16(23)21-7-5-20(6-8-21)15(22)11-2-1-9-24-11/h10-11H,1-9H2,(H,18,19). The number of carbonyl (C=O) groups excluding carboxylic acids is 2. The van der Waals surface area contributed by atoms with E-state index in [-0.39, 0.29) is 17.9 Å². The van der Waals surface area contributed by atoms with Gasteiger partial charge in [0, 0.05) is 38.7 Å². The summed E-state index contributed by atoms with van der Waals surface area (Å²) in [6.07, 6.45) is 3.78. The Hall–Kier alpha value is -1.41. The molecule has 130 valence electrons. The summed E-state index contributed by atoms with van der Waals surface area (Å²) >= 11 is 3.52. The van der Waals surface area contributed by atoms with Gasteiger partial charge in [-0.3, -0.25) is 14.7 Å². The van der Waals surface area contributed by atoms with Gasteiger partial charge in [0.2, 0.25) is 0 Å². The van der Waals surface area contributed by atoms with Crippen LogP contribution in [0.15, 0.2) is 4.47 Å². The zero-order valence-corrected chi connectivity index (χ0v) is 15.0. The van der Waals surface area contributed by atoms with Crippen LogP contribution in [-0.4, -0.2) is 70.7 Å². The summed E-state index contributed by atoms with van der Waals surface area (Å²) in [4.78, 5) is 28.6. The fourth-order valence-corrected chi connectivity index (χ4v) is 4.05. The summed E-state index contributed by atoms with van der Waals surface area (Å²) in [6, 6.07) is 0. The fourth-order valence-electron chi connectivity index (χ4n) is 3.38. The Labute approximate surface area is 148 Å². The SMILES string of the molecule is O=C(c1n[nH]c(C2CC2)c1Br)N1CCN(C(=O)C2CCCO2)CC1. The van der Waals surface area contributed by atoms with Crippen LogP contribution in [0.25, 0.3) is 0 Å². The number of amides is 2. The molecule has 0 spiro atoms. The molecular formula is C16H21BrN4O3. The van der Waals surface area contributed by atoms with Crippen LogP contribution in [-0.2, 0) is 9.53 Å². The third kappa shape index (κ3) is 2.97. The molecule has 4 rings (SSSR count). The van der Waals surface area contributed by atoms with Crippen molar-refractivity contribution in [3.63, 3.8) is 0 Å². The molecule has 24 heavy (non-hydrogen) atoms. The molecule has 2 amide bonds. The number of H-pyrrole nitrogens is 1. The van der Waals surface area contributed by atoms with Gasteiger partial charge in [-0.25, -0.2) is 0 Å². The maximum absolute atomic E-state index is 12.7. The van der Waals surface area contributed by atoms with Gasteiger partial charge in [-0.2, -0.15) is 5.10 Å². The number of carbonyl (C=O) groups is 2. The van der Waals surface area contributed by atoms with Crippen LogP contribution in [0.5, 0.6) is 0 Å². The van der Waals surface area contributed by atoms with Crippen LogP contribution < -0.4 is 0 Å². The zero-order chi connectivity index (χ0) is 16.7. The lowest BCUT2D eigenvalue weighted by Gasteiger charge is -2.35. The van der Waals surface area contributed by atoms with Crippen LogP contribution >= 0.6 is 15.9 Å². The van der Waals surface area contributed by atoms with E-state index in [4.69, 9.17) is 4.74 Å². The van der Waals surface area contributed by atoms with Crippen LogP contribution in [0, 0.1) is 0 Å². The summed E-state index contributed by atoms with van der Waals surface area (Å²) < 4.78 is 6.27. The molecule has 1 N–H and O–H groups in total. The van der Waals surface area contributed by atoms with Crippen molar-refractivity contribution in [3.05, 3.63) is 15.9 Å². The second kappa shape index (κ2) is 6.48. The molecule has 3 fully saturated rings. The molecule has 0 bridgehead atoms. The van der Waals surface area contributed by atoms with Crippen molar-refractivity contribution >= 4 is 27.7 Å². The van der Waals surface area contributed by atoms with E-state index in [0.717, 1.165) is 35.8 Å². The summed E-state index contributed by atoms with van der Waals surface area (Å²) in [5, 5.41) is 7.20. The van der Waals surface area contributed by atoms with E-state index in [9.17, 15) is 9.59 Å². The Morgan fingerprint density at radius 1 is 1.12 bits per heavy atom. The maximum Gasteiger partial charge on any atom is 0.275 e. The van der Waals surface area contributed by atoms with Gasteiger partial charge in [0.1, 0.15) is 6.10 Å². The van der Waals surface area contributed by atoms with E-state index in [2.05, 4.69) is 26.1 Å². The van der Waals surface area contributed by atoms with Gasteiger partial charge in [0.05, 0.1) is 10.2 Å². The highest BCUT2D eigenvalue weighted by Crippen LogP contribution is 2.43. The average molecular weight is 397 g/mol. The molecule has 1 aromatic rings. The van der Waals surface area contributed by atoms with Crippen molar-refractivity contribution in [2.75, 3.05) is 32.8 Å². The van der Waals surface area contributed by atoms with Crippen molar-refractivity contribution in [3.8, 4) is 0 Å². The van der Waals surface area contributed by atoms with Crippen LogP contribution in [0.2, 0.25) is 0 Å². The molecule has 7 nitrogen and oxygen atoms in total. The monoisotopic (exact) mass is 396 g/mol. The Balaban J connectivity index is 1.36. The van der Waals surface area contributed by atoms with Crippen LogP contribution in [0.3, 0.4) is 0 Å². The fraction of sp³-hybridized carbons (Fsp3) is 0.688. The number of piperazine rings is 1. The number of hydrogen-bond acceptors (Lipinski definition) is 4. The number of halogens is 1. The molecular weight excluding hydrogens is 376 g/mol. The molecule has 0 aromatic carbocycles. The van der Waals surface area contributed by atoms with Crippen molar-refractivity contribution in [1.29, 1.82) is 0 Å². The smallest absolute Gasteiger partial charge is 0.275 e. The van der Waals surface area contributed by atoms with Crippen LogP contribution in [0.1, 0.15) is 47.8 Å². The number of nitrogens with zero attached hydrogens (tertiary/aromatic N) is 3. The highest BCUT2D eigenvalue weighted by molar-refractivity contribution is 9.10. The number of ether oxygens (including phenoxy) is 1. The largest absolute Gasteiger partial charge is 0.368 e. The van der Waals surface area contributed by atoms with Crippen molar-refractivity contribution in [1.82, 2.24) is 20.0 Å². The molecule has 2 aliphatic heterocycles. The summed E-state index contributed by atoms with van der Waals surface area (Å²) in [5.74, 6) is 0.500. The normalized spacial score (nSPS) is 24.5. The Morgan fingerprint density at radius 3 is 2.46 bits per heavy atom. The van der Waals surface area contributed by atoms with Gasteiger partial charge in [-0.15, -0.1) is 0 Å². The van der Waals surface area contributed by atoms with Crippen molar-refractivity contribution in [2.45, 2.75) is 37.7 Å². The first-order chi connectivity index (χ1) is 11.6. The lowest BCUT2D eigenvalue weighted by molar-refractivity contribution is -0.142. The minimum Gasteiger partial charge on any atom is -0.368 e.